The summed E-state index contributed by atoms with van der Waals surface area (Å²) in [6.07, 6.45) is 4.36. The minimum atomic E-state index is -0.425. The fourth-order valence-corrected chi connectivity index (χ4v) is 3.61. The molecular weight excluding hydrogens is 382 g/mol. The van der Waals surface area contributed by atoms with Gasteiger partial charge < -0.3 is 15.8 Å². The maximum absolute atomic E-state index is 12.3. The van der Waals surface area contributed by atoms with Crippen molar-refractivity contribution in [3.05, 3.63) is 88.4 Å². The SMILES string of the molecule is N[C@H](CC[C@H](Cc1cc#ccc1)NC(=O)OCc1cncs1)Cc1ccccc1. The van der Waals surface area contributed by atoms with E-state index < -0.39 is 6.09 Å². The van der Waals surface area contributed by atoms with Crippen LogP contribution in [0.15, 0.2) is 60.2 Å². The lowest BCUT2D eigenvalue weighted by molar-refractivity contribution is 0.135. The molecule has 150 valence electrons. The van der Waals surface area contributed by atoms with Gasteiger partial charge in [0.05, 0.1) is 10.4 Å². The number of carbonyl (C=O) groups excluding carboxylic acids is 1. The molecule has 0 radical (unpaired) electrons. The smallest absolute Gasteiger partial charge is 0.407 e. The average molecular weight is 408 g/mol. The molecule has 2 aromatic carbocycles. The number of aromatic nitrogens is 1. The molecule has 0 fully saturated rings. The molecule has 29 heavy (non-hydrogen) atoms. The highest BCUT2D eigenvalue weighted by Crippen LogP contribution is 2.12. The molecule has 0 bridgehead atoms. The highest BCUT2D eigenvalue weighted by molar-refractivity contribution is 7.09. The number of nitrogens with two attached hydrogens (primary N) is 1. The number of alkyl carbamates (subject to hydrolysis) is 1. The maximum atomic E-state index is 12.3. The van der Waals surface area contributed by atoms with E-state index >= 15 is 0 Å². The molecule has 5 nitrogen and oxygen atoms in total. The van der Waals surface area contributed by atoms with E-state index in [0.717, 1.165) is 29.7 Å². The third-order valence-corrected chi connectivity index (χ3v) is 5.33. The van der Waals surface area contributed by atoms with Gasteiger partial charge >= 0.3 is 6.09 Å². The van der Waals surface area contributed by atoms with Crippen molar-refractivity contribution >= 4 is 17.4 Å². The van der Waals surface area contributed by atoms with Crippen LogP contribution in [0.1, 0.15) is 28.8 Å². The van der Waals surface area contributed by atoms with Gasteiger partial charge in [-0.2, -0.15) is 0 Å². The van der Waals surface area contributed by atoms with Crippen LogP contribution in [0.4, 0.5) is 4.79 Å². The van der Waals surface area contributed by atoms with E-state index in [1.165, 1.54) is 16.9 Å². The normalized spacial score (nSPS) is 12.6. The summed E-state index contributed by atoms with van der Waals surface area (Å²) in [5, 5.41) is 2.99. The summed E-state index contributed by atoms with van der Waals surface area (Å²) in [7, 11) is 0. The number of nitrogens with one attached hydrogen (secondary N) is 1. The Morgan fingerprint density at radius 3 is 2.72 bits per heavy atom. The molecule has 2 atom stereocenters. The second-order valence-corrected chi connectivity index (χ2v) is 7.93. The van der Waals surface area contributed by atoms with Crippen LogP contribution in [-0.2, 0) is 24.2 Å². The molecule has 1 amide bonds. The van der Waals surface area contributed by atoms with Crippen LogP contribution in [0, 0.1) is 12.1 Å². The molecule has 0 aliphatic carbocycles. The van der Waals surface area contributed by atoms with Crippen molar-refractivity contribution < 1.29 is 9.53 Å². The van der Waals surface area contributed by atoms with Crippen LogP contribution in [0.2, 0.25) is 0 Å². The Balaban J connectivity index is 1.52. The van der Waals surface area contributed by atoms with Gasteiger partial charge in [-0.25, -0.2) is 4.79 Å². The van der Waals surface area contributed by atoms with Crippen LogP contribution < -0.4 is 11.1 Å². The number of rotatable bonds is 10. The van der Waals surface area contributed by atoms with Gasteiger partial charge in [-0.15, -0.1) is 11.3 Å². The Bertz CT molecular complexity index is 841. The number of ether oxygens (including phenoxy) is 1. The minimum Gasteiger partial charge on any atom is -0.444 e. The zero-order chi connectivity index (χ0) is 20.3. The average Bonchev–Trinajstić information content (AvgIpc) is 3.26. The Hall–Kier alpha value is -2.88. The third kappa shape index (κ3) is 7.57. The lowest BCUT2D eigenvalue weighted by Gasteiger charge is -2.20. The van der Waals surface area contributed by atoms with Gasteiger partial charge in [0.2, 0.25) is 0 Å². The van der Waals surface area contributed by atoms with Crippen molar-refractivity contribution in [1.29, 1.82) is 0 Å². The molecule has 1 heterocycles. The van der Waals surface area contributed by atoms with E-state index in [9.17, 15) is 4.79 Å². The maximum Gasteiger partial charge on any atom is 0.407 e. The first-order valence-corrected chi connectivity index (χ1v) is 10.5. The highest BCUT2D eigenvalue weighted by atomic mass is 32.1. The van der Waals surface area contributed by atoms with Gasteiger partial charge in [-0.05, 0) is 55.0 Å². The van der Waals surface area contributed by atoms with Crippen molar-refractivity contribution in [3.8, 4) is 0 Å². The van der Waals surface area contributed by atoms with E-state index in [-0.39, 0.29) is 18.7 Å². The van der Waals surface area contributed by atoms with Crippen LogP contribution in [0.5, 0.6) is 0 Å². The summed E-state index contributed by atoms with van der Waals surface area (Å²) in [6, 6.07) is 21.7. The summed E-state index contributed by atoms with van der Waals surface area (Å²) < 4.78 is 5.33. The fourth-order valence-electron chi connectivity index (χ4n) is 3.11. The van der Waals surface area contributed by atoms with E-state index in [0.29, 0.717) is 6.42 Å². The van der Waals surface area contributed by atoms with Crippen LogP contribution >= 0.6 is 11.3 Å². The number of hydrogen-bond acceptors (Lipinski definition) is 5. The topological polar surface area (TPSA) is 77.2 Å². The molecule has 1 aromatic heterocycles. The van der Waals surface area contributed by atoms with Crippen LogP contribution in [0.25, 0.3) is 0 Å². The van der Waals surface area contributed by atoms with Crippen molar-refractivity contribution in [2.75, 3.05) is 0 Å². The number of amides is 1. The Labute approximate surface area is 175 Å². The Morgan fingerprint density at radius 1 is 1.14 bits per heavy atom. The van der Waals surface area contributed by atoms with Gasteiger partial charge in [0.15, 0.2) is 0 Å². The van der Waals surface area contributed by atoms with Gasteiger partial charge in [0.1, 0.15) is 6.61 Å². The van der Waals surface area contributed by atoms with Crippen molar-refractivity contribution in [2.24, 2.45) is 5.73 Å². The molecule has 3 rings (SSSR count). The molecule has 0 saturated heterocycles. The predicted molar refractivity (Wildman–Crippen MR) is 114 cm³/mol. The molecule has 0 spiro atoms. The first-order chi connectivity index (χ1) is 14.2. The lowest BCUT2D eigenvalue weighted by Crippen LogP contribution is -2.38. The number of benzene rings is 1. The Kier molecular flexibility index (Phi) is 8.05. The van der Waals surface area contributed by atoms with Gasteiger partial charge in [0, 0.05) is 18.3 Å². The summed E-state index contributed by atoms with van der Waals surface area (Å²) >= 11 is 1.46. The molecule has 6 heteroatoms. The van der Waals surface area contributed by atoms with Crippen molar-refractivity contribution in [1.82, 2.24) is 10.3 Å². The molecule has 3 N–H and O–H groups in total. The largest absolute Gasteiger partial charge is 0.444 e. The third-order valence-electron chi connectivity index (χ3n) is 4.58. The first-order valence-electron chi connectivity index (χ1n) is 9.66. The standard InChI is InChI=1S/C23H25N3O2S/c24-20(13-18-7-3-1-4-8-18)11-12-21(14-19-9-5-2-6-10-19)26-23(27)28-16-22-15-25-17-29-22/h1,3-5,7-10,15,17,20-21H,11-14,16,24H2,(H,26,27)/t20-,21-/m1/s1. The number of thiazole rings is 1. The minimum absolute atomic E-state index is 0.0329. The zero-order valence-corrected chi connectivity index (χ0v) is 17.0. The number of carbonyl (C=O) groups is 1. The zero-order valence-electron chi connectivity index (χ0n) is 16.2. The van der Waals surface area contributed by atoms with E-state index in [1.54, 1.807) is 11.7 Å². The fraction of sp³-hybridized carbons (Fsp3) is 0.304. The number of hydrogen-bond donors (Lipinski definition) is 2. The van der Waals surface area contributed by atoms with E-state index in [2.05, 4.69) is 34.6 Å². The quantitative estimate of drug-likeness (QED) is 0.534. The molecule has 0 saturated carbocycles. The van der Waals surface area contributed by atoms with Crippen molar-refractivity contribution in [2.45, 2.75) is 44.4 Å². The molecule has 3 aromatic rings. The van der Waals surface area contributed by atoms with Crippen molar-refractivity contribution in [3.63, 3.8) is 0 Å². The first kappa shape index (κ1) is 20.8. The second kappa shape index (κ2) is 11.2. The molecular formula is C23H25N3O2S. The summed E-state index contributed by atoms with van der Waals surface area (Å²) in [5.74, 6) is 0. The monoisotopic (exact) mass is 407 g/mol. The predicted octanol–water partition coefficient (Wildman–Crippen LogP) is 3.93. The lowest BCUT2D eigenvalue weighted by atomic mass is 9.97. The Morgan fingerprint density at radius 2 is 2.00 bits per heavy atom. The van der Waals surface area contributed by atoms with Crippen LogP contribution in [0.3, 0.4) is 0 Å². The van der Waals surface area contributed by atoms with Crippen LogP contribution in [-0.4, -0.2) is 23.2 Å². The highest BCUT2D eigenvalue weighted by Gasteiger charge is 2.16. The van der Waals surface area contributed by atoms with Gasteiger partial charge in [0.25, 0.3) is 0 Å². The summed E-state index contributed by atoms with van der Waals surface area (Å²) in [5.41, 5.74) is 10.4. The second-order valence-electron chi connectivity index (χ2n) is 6.96. The summed E-state index contributed by atoms with van der Waals surface area (Å²) in [6.45, 7) is 0.227. The molecule has 0 aliphatic rings. The van der Waals surface area contributed by atoms with Gasteiger partial charge in [-0.3, -0.25) is 4.98 Å². The molecule has 0 aliphatic heterocycles. The number of nitrogens with zero attached hydrogens (tertiary/aromatic N) is 1. The van der Waals surface area contributed by atoms with E-state index in [1.807, 2.05) is 36.4 Å². The van der Waals surface area contributed by atoms with Gasteiger partial charge in [-0.1, -0.05) is 42.5 Å². The van der Waals surface area contributed by atoms with E-state index in [4.69, 9.17) is 10.5 Å². The molecule has 0 unspecified atom stereocenters. The summed E-state index contributed by atoms with van der Waals surface area (Å²) in [4.78, 5) is 17.2.